The Morgan fingerprint density at radius 2 is 1.94 bits per heavy atom. The molecule has 3 aliphatic heterocycles. The van der Waals surface area contributed by atoms with E-state index in [4.69, 9.17) is 14.2 Å². The van der Waals surface area contributed by atoms with Gasteiger partial charge in [-0.15, -0.1) is 0 Å². The quantitative estimate of drug-likeness (QED) is 0.722. The average Bonchev–Trinajstić information content (AvgIpc) is 3.02. The molecule has 1 spiro atoms. The first-order valence-corrected chi connectivity index (χ1v) is 12.2. The van der Waals surface area contributed by atoms with Gasteiger partial charge in [-0.2, -0.15) is 0 Å². The number of piperidine rings is 1. The minimum Gasteiger partial charge on any atom is -0.493 e. The van der Waals surface area contributed by atoms with Gasteiger partial charge in [-0.25, -0.2) is 0 Å². The van der Waals surface area contributed by atoms with Gasteiger partial charge in [0, 0.05) is 34.8 Å². The molecule has 5 heteroatoms. The molecule has 2 bridgehead atoms. The fraction of sp³-hybridized carbons (Fsp3) is 0.556. The Morgan fingerprint density at radius 3 is 2.84 bits per heavy atom. The third-order valence-electron chi connectivity index (χ3n) is 9.20. The van der Waals surface area contributed by atoms with Crippen LogP contribution in [0.25, 0.3) is 0 Å². The van der Waals surface area contributed by atoms with Crippen LogP contribution in [0.15, 0.2) is 36.4 Å². The van der Waals surface area contributed by atoms with Crippen LogP contribution in [0, 0.1) is 5.92 Å². The second kappa shape index (κ2) is 6.88. The maximum atomic E-state index is 7.03. The number of hydrogen-bond donors (Lipinski definition) is 0. The molecule has 1 saturated heterocycles. The lowest BCUT2D eigenvalue weighted by atomic mass is 9.51. The molecule has 168 valence electrons. The number of anilines is 1. The summed E-state index contributed by atoms with van der Waals surface area (Å²) in [5.41, 5.74) is 5.69. The molecule has 32 heavy (non-hydrogen) atoms. The Kier molecular flexibility index (Phi) is 4.14. The van der Waals surface area contributed by atoms with E-state index in [1.807, 2.05) is 0 Å². The maximum Gasteiger partial charge on any atom is 0.165 e. The normalized spacial score (nSPS) is 34.9. The predicted molar refractivity (Wildman–Crippen MR) is 124 cm³/mol. The smallest absolute Gasteiger partial charge is 0.165 e. The van der Waals surface area contributed by atoms with Crippen LogP contribution in [0.5, 0.6) is 11.5 Å². The molecule has 2 aromatic carbocycles. The van der Waals surface area contributed by atoms with Crippen LogP contribution in [-0.2, 0) is 23.2 Å². The van der Waals surface area contributed by atoms with Gasteiger partial charge in [-0.1, -0.05) is 24.3 Å². The lowest BCUT2D eigenvalue weighted by Crippen LogP contribution is -2.68. The molecule has 0 aromatic heterocycles. The Morgan fingerprint density at radius 1 is 1.03 bits per heavy atom. The van der Waals surface area contributed by atoms with E-state index in [0.717, 1.165) is 37.6 Å². The molecular formula is C27H32N2O3. The standard InChI is InChI=1S/C27H32N2O3/c1-28-12-11-27-19-8-9-21(29-13-14-31-16-18-5-3-4-6-20(18)29)26(27)32-25-23(30-2)10-7-17(24(25)27)15-22(19)28/h3-7,10,19,21-22,26H,8-9,11-16H2,1-2H3/t19?,21-,22-,26+,27+/m1/s1. The first-order chi connectivity index (χ1) is 15.7. The van der Waals surface area contributed by atoms with Crippen LogP contribution < -0.4 is 14.4 Å². The van der Waals surface area contributed by atoms with Gasteiger partial charge in [-0.05, 0) is 62.9 Å². The Bertz CT molecular complexity index is 1070. The zero-order valence-electron chi connectivity index (χ0n) is 19.0. The molecule has 5 atom stereocenters. The highest BCUT2D eigenvalue weighted by Gasteiger charge is 2.66. The van der Waals surface area contributed by atoms with Crippen molar-refractivity contribution in [1.29, 1.82) is 0 Å². The molecule has 7 rings (SSSR count). The van der Waals surface area contributed by atoms with Gasteiger partial charge in [0.25, 0.3) is 0 Å². The van der Waals surface area contributed by atoms with Crippen LogP contribution in [0.2, 0.25) is 0 Å². The molecule has 0 radical (unpaired) electrons. The number of hydrogen-bond acceptors (Lipinski definition) is 5. The third kappa shape index (κ3) is 2.36. The van der Waals surface area contributed by atoms with E-state index in [1.165, 1.54) is 41.6 Å². The number of para-hydroxylation sites is 1. The molecule has 1 saturated carbocycles. The van der Waals surface area contributed by atoms with E-state index >= 15 is 0 Å². The SMILES string of the molecule is COc1ccc2c3c1O[C@H]1[C@H](N4CCOCc5ccccc54)CCC4[C@@H](C2)N(C)CC[C@@]341. The van der Waals surface area contributed by atoms with E-state index in [0.29, 0.717) is 24.6 Å². The highest BCUT2D eigenvalue weighted by Crippen LogP contribution is 2.64. The van der Waals surface area contributed by atoms with Crippen LogP contribution in [-0.4, -0.2) is 56.9 Å². The first-order valence-electron chi connectivity index (χ1n) is 12.2. The van der Waals surface area contributed by atoms with Crippen molar-refractivity contribution >= 4 is 5.69 Å². The van der Waals surface area contributed by atoms with E-state index < -0.39 is 0 Å². The minimum atomic E-state index is 0.0969. The number of nitrogens with zero attached hydrogens (tertiary/aromatic N) is 2. The molecule has 0 N–H and O–H groups in total. The Labute approximate surface area is 190 Å². The molecule has 2 aromatic rings. The molecule has 2 aliphatic carbocycles. The number of rotatable bonds is 2. The van der Waals surface area contributed by atoms with Crippen LogP contribution in [0.3, 0.4) is 0 Å². The van der Waals surface area contributed by atoms with Gasteiger partial charge < -0.3 is 24.0 Å². The Hall–Kier alpha value is -2.24. The highest BCUT2D eigenvalue weighted by molar-refractivity contribution is 5.63. The number of likely N-dealkylation sites (N-methyl/N-ethyl adjacent to an activating group) is 1. The fourth-order valence-electron chi connectivity index (χ4n) is 7.90. The first kappa shape index (κ1) is 19.2. The number of ether oxygens (including phenoxy) is 3. The van der Waals surface area contributed by atoms with Crippen molar-refractivity contribution in [2.45, 2.75) is 55.9 Å². The molecule has 1 unspecified atom stereocenters. The monoisotopic (exact) mass is 432 g/mol. The zero-order chi connectivity index (χ0) is 21.4. The summed E-state index contributed by atoms with van der Waals surface area (Å²) in [6.45, 7) is 3.53. The van der Waals surface area contributed by atoms with Crippen molar-refractivity contribution in [1.82, 2.24) is 4.90 Å². The van der Waals surface area contributed by atoms with Gasteiger partial charge in [0.1, 0.15) is 6.10 Å². The lowest BCUT2D eigenvalue weighted by molar-refractivity contribution is -0.0526. The minimum absolute atomic E-state index is 0.0969. The Balaban J connectivity index is 1.39. The average molecular weight is 433 g/mol. The zero-order valence-corrected chi connectivity index (χ0v) is 19.0. The molecule has 5 aliphatic rings. The van der Waals surface area contributed by atoms with E-state index in [-0.39, 0.29) is 11.5 Å². The summed E-state index contributed by atoms with van der Waals surface area (Å²) in [6.07, 6.45) is 4.90. The number of fused-ring (bicyclic) bond motifs is 1. The predicted octanol–water partition coefficient (Wildman–Crippen LogP) is 3.77. The van der Waals surface area contributed by atoms with Gasteiger partial charge in [-0.3, -0.25) is 0 Å². The largest absolute Gasteiger partial charge is 0.493 e. The lowest BCUT2D eigenvalue weighted by Gasteiger charge is -2.60. The van der Waals surface area contributed by atoms with E-state index in [9.17, 15) is 0 Å². The topological polar surface area (TPSA) is 34.2 Å². The summed E-state index contributed by atoms with van der Waals surface area (Å²) in [4.78, 5) is 5.24. The van der Waals surface area contributed by atoms with Crippen molar-refractivity contribution in [2.75, 3.05) is 38.8 Å². The summed E-state index contributed by atoms with van der Waals surface area (Å²) in [5.74, 6) is 2.60. The molecular weight excluding hydrogens is 400 g/mol. The van der Waals surface area contributed by atoms with Crippen molar-refractivity contribution in [2.24, 2.45) is 5.92 Å². The summed E-state index contributed by atoms with van der Waals surface area (Å²) >= 11 is 0. The number of likely N-dealkylation sites (tertiary alicyclic amines) is 1. The van der Waals surface area contributed by atoms with Crippen molar-refractivity contribution in [3.63, 3.8) is 0 Å². The number of benzene rings is 2. The fourth-order valence-corrected chi connectivity index (χ4v) is 7.90. The third-order valence-corrected chi connectivity index (χ3v) is 9.20. The highest BCUT2D eigenvalue weighted by atomic mass is 16.5. The summed E-state index contributed by atoms with van der Waals surface area (Å²) in [5, 5.41) is 0. The maximum absolute atomic E-state index is 7.03. The van der Waals surface area contributed by atoms with Crippen molar-refractivity contribution in [3.05, 3.63) is 53.1 Å². The van der Waals surface area contributed by atoms with Crippen LogP contribution in [0.4, 0.5) is 5.69 Å². The van der Waals surface area contributed by atoms with E-state index in [2.05, 4.69) is 53.2 Å². The van der Waals surface area contributed by atoms with Gasteiger partial charge in [0.15, 0.2) is 11.5 Å². The molecule has 5 nitrogen and oxygen atoms in total. The second-order valence-electron chi connectivity index (χ2n) is 10.3. The molecule has 2 fully saturated rings. The van der Waals surface area contributed by atoms with Crippen molar-refractivity contribution in [3.8, 4) is 11.5 Å². The summed E-state index contributed by atoms with van der Waals surface area (Å²) in [7, 11) is 4.10. The molecule has 3 heterocycles. The van der Waals surface area contributed by atoms with E-state index in [1.54, 1.807) is 7.11 Å². The summed E-state index contributed by atoms with van der Waals surface area (Å²) in [6, 6.07) is 14.2. The van der Waals surface area contributed by atoms with Gasteiger partial charge >= 0.3 is 0 Å². The van der Waals surface area contributed by atoms with Crippen LogP contribution >= 0.6 is 0 Å². The summed E-state index contributed by atoms with van der Waals surface area (Å²) < 4.78 is 18.8. The van der Waals surface area contributed by atoms with Gasteiger partial charge in [0.05, 0.1) is 26.4 Å². The second-order valence-corrected chi connectivity index (χ2v) is 10.3. The van der Waals surface area contributed by atoms with Crippen molar-refractivity contribution < 1.29 is 14.2 Å². The van der Waals surface area contributed by atoms with Crippen LogP contribution in [0.1, 0.15) is 36.0 Å². The number of methoxy groups -OCH3 is 1. The van der Waals surface area contributed by atoms with Gasteiger partial charge in [0.2, 0.25) is 0 Å². The molecule has 0 amide bonds.